The molecule has 2 aromatic carbocycles. The van der Waals surface area contributed by atoms with Gasteiger partial charge in [-0.2, -0.15) is 0 Å². The summed E-state index contributed by atoms with van der Waals surface area (Å²) in [6, 6.07) is 21.4. The van der Waals surface area contributed by atoms with Crippen LogP contribution in [-0.4, -0.2) is 23.9 Å². The van der Waals surface area contributed by atoms with Crippen LogP contribution in [0.1, 0.15) is 21.6 Å². The number of carbonyl (C=O) groups is 2. The molecule has 0 bridgehead atoms. The van der Waals surface area contributed by atoms with Crippen molar-refractivity contribution < 1.29 is 14.3 Å². The van der Waals surface area contributed by atoms with Gasteiger partial charge in [0.2, 0.25) is 0 Å². The lowest BCUT2D eigenvalue weighted by atomic mass is 10.1. The summed E-state index contributed by atoms with van der Waals surface area (Å²) in [6.07, 6.45) is 3.28. The molecule has 0 aliphatic rings. The molecule has 2 N–H and O–H groups in total. The zero-order valence-electron chi connectivity index (χ0n) is 16.0. The summed E-state index contributed by atoms with van der Waals surface area (Å²) in [4.78, 5) is 29.5. The third kappa shape index (κ3) is 5.77. The van der Waals surface area contributed by atoms with E-state index in [1.807, 2.05) is 18.2 Å². The first-order valence-corrected chi connectivity index (χ1v) is 9.06. The third-order valence-corrected chi connectivity index (χ3v) is 4.11. The Labute approximate surface area is 169 Å². The lowest BCUT2D eigenvalue weighted by Gasteiger charge is -2.11. The van der Waals surface area contributed by atoms with Gasteiger partial charge in [0.15, 0.2) is 0 Å². The summed E-state index contributed by atoms with van der Waals surface area (Å²) in [5, 5.41) is 5.49. The summed E-state index contributed by atoms with van der Waals surface area (Å²) in [7, 11) is 1.58. The molecule has 29 heavy (non-hydrogen) atoms. The van der Waals surface area contributed by atoms with Crippen LogP contribution in [-0.2, 0) is 11.3 Å². The number of hydrogen-bond donors (Lipinski definition) is 2. The highest BCUT2D eigenvalue weighted by molar-refractivity contribution is 6.05. The summed E-state index contributed by atoms with van der Waals surface area (Å²) >= 11 is 0. The van der Waals surface area contributed by atoms with Crippen molar-refractivity contribution in [1.29, 1.82) is 0 Å². The van der Waals surface area contributed by atoms with Crippen LogP contribution in [0.15, 0.2) is 84.7 Å². The summed E-state index contributed by atoms with van der Waals surface area (Å²) in [5.74, 6) is -0.0641. The monoisotopic (exact) mass is 387 g/mol. The topological polar surface area (TPSA) is 80.3 Å². The average Bonchev–Trinajstić information content (AvgIpc) is 2.78. The molecule has 3 rings (SSSR count). The van der Waals surface area contributed by atoms with Crippen molar-refractivity contribution in [2.45, 2.75) is 6.54 Å². The minimum atomic E-state index is -0.407. The van der Waals surface area contributed by atoms with Crippen LogP contribution in [0.25, 0.3) is 6.08 Å². The molecule has 0 unspecified atom stereocenters. The molecule has 0 atom stereocenters. The highest BCUT2D eigenvalue weighted by Crippen LogP contribution is 2.14. The van der Waals surface area contributed by atoms with Crippen LogP contribution in [0.2, 0.25) is 0 Å². The summed E-state index contributed by atoms with van der Waals surface area (Å²) in [5.41, 5.74) is 2.08. The van der Waals surface area contributed by atoms with Crippen molar-refractivity contribution in [2.24, 2.45) is 0 Å². The Hall–Kier alpha value is -3.93. The van der Waals surface area contributed by atoms with E-state index in [9.17, 15) is 9.59 Å². The maximum absolute atomic E-state index is 12.8. The first-order chi connectivity index (χ1) is 14.2. The molecule has 0 aliphatic carbocycles. The summed E-state index contributed by atoms with van der Waals surface area (Å²) < 4.78 is 5.15. The van der Waals surface area contributed by atoms with Crippen molar-refractivity contribution in [1.82, 2.24) is 15.6 Å². The van der Waals surface area contributed by atoms with E-state index in [1.54, 1.807) is 74.0 Å². The predicted molar refractivity (Wildman–Crippen MR) is 111 cm³/mol. The minimum absolute atomic E-state index is 0.139. The van der Waals surface area contributed by atoms with Crippen molar-refractivity contribution >= 4 is 17.9 Å². The second kappa shape index (κ2) is 9.85. The fourth-order valence-electron chi connectivity index (χ4n) is 2.58. The Morgan fingerprint density at radius 1 is 0.966 bits per heavy atom. The Bertz CT molecular complexity index is 985. The maximum Gasteiger partial charge on any atom is 0.268 e. The first-order valence-electron chi connectivity index (χ1n) is 9.06. The van der Waals surface area contributed by atoms with Gasteiger partial charge in [0.05, 0.1) is 19.3 Å². The molecule has 1 heterocycles. The average molecular weight is 387 g/mol. The molecule has 1 aromatic heterocycles. The largest absolute Gasteiger partial charge is 0.497 e. The highest BCUT2D eigenvalue weighted by Gasteiger charge is 2.14. The van der Waals surface area contributed by atoms with Gasteiger partial charge < -0.3 is 15.4 Å². The van der Waals surface area contributed by atoms with E-state index >= 15 is 0 Å². The first kappa shape index (κ1) is 19.8. The SMILES string of the molecule is COc1ccc(/C=C(\NC(=O)c2ccccc2)C(=O)NCc2ccccn2)cc1. The van der Waals surface area contributed by atoms with E-state index in [2.05, 4.69) is 15.6 Å². The van der Waals surface area contributed by atoms with Gasteiger partial charge in [-0.1, -0.05) is 36.4 Å². The Morgan fingerprint density at radius 3 is 2.34 bits per heavy atom. The molecule has 146 valence electrons. The lowest BCUT2D eigenvalue weighted by Crippen LogP contribution is -2.34. The number of hydrogen-bond acceptors (Lipinski definition) is 4. The van der Waals surface area contributed by atoms with E-state index in [-0.39, 0.29) is 18.1 Å². The Kier molecular flexibility index (Phi) is 6.73. The Morgan fingerprint density at radius 2 is 1.69 bits per heavy atom. The van der Waals surface area contributed by atoms with Gasteiger partial charge in [-0.3, -0.25) is 14.6 Å². The number of nitrogens with zero attached hydrogens (tertiary/aromatic N) is 1. The normalized spacial score (nSPS) is 10.9. The molecular weight excluding hydrogens is 366 g/mol. The lowest BCUT2D eigenvalue weighted by molar-refractivity contribution is -0.117. The van der Waals surface area contributed by atoms with Crippen LogP contribution < -0.4 is 15.4 Å². The van der Waals surface area contributed by atoms with Gasteiger partial charge >= 0.3 is 0 Å². The van der Waals surface area contributed by atoms with Gasteiger partial charge in [0.1, 0.15) is 11.4 Å². The smallest absolute Gasteiger partial charge is 0.268 e. The molecular formula is C23H21N3O3. The fraction of sp³-hybridized carbons (Fsp3) is 0.0870. The molecule has 6 heteroatoms. The van der Waals surface area contributed by atoms with Gasteiger partial charge in [0.25, 0.3) is 11.8 Å². The third-order valence-electron chi connectivity index (χ3n) is 4.11. The number of benzene rings is 2. The van der Waals surface area contributed by atoms with Gasteiger partial charge in [-0.25, -0.2) is 0 Å². The standard InChI is InChI=1S/C23H21N3O3/c1-29-20-12-10-17(11-13-20)15-21(26-22(27)18-7-3-2-4-8-18)23(28)25-16-19-9-5-6-14-24-19/h2-15H,16H2,1H3,(H,25,28)(H,26,27)/b21-15-. The number of rotatable bonds is 7. The molecule has 0 saturated carbocycles. The predicted octanol–water partition coefficient (Wildman–Crippen LogP) is 3.18. The molecule has 6 nitrogen and oxygen atoms in total. The van der Waals surface area contributed by atoms with Crippen molar-refractivity contribution in [3.8, 4) is 5.75 Å². The minimum Gasteiger partial charge on any atom is -0.497 e. The Balaban J connectivity index is 1.80. The van der Waals surface area contributed by atoms with Crippen LogP contribution in [0.5, 0.6) is 5.75 Å². The van der Waals surface area contributed by atoms with E-state index < -0.39 is 5.91 Å². The molecule has 0 saturated heterocycles. The fourth-order valence-corrected chi connectivity index (χ4v) is 2.58. The van der Waals surface area contributed by atoms with Crippen LogP contribution in [0.4, 0.5) is 0 Å². The van der Waals surface area contributed by atoms with Crippen molar-refractivity contribution in [3.05, 3.63) is 102 Å². The molecule has 2 amide bonds. The zero-order valence-corrected chi connectivity index (χ0v) is 16.0. The number of methoxy groups -OCH3 is 1. The number of pyridine rings is 1. The van der Waals surface area contributed by atoms with Gasteiger partial charge in [-0.15, -0.1) is 0 Å². The number of amides is 2. The zero-order chi connectivity index (χ0) is 20.5. The molecule has 0 spiro atoms. The van der Waals surface area contributed by atoms with Crippen molar-refractivity contribution in [3.63, 3.8) is 0 Å². The van der Waals surface area contributed by atoms with Crippen molar-refractivity contribution in [2.75, 3.05) is 7.11 Å². The van der Waals surface area contributed by atoms with Crippen LogP contribution in [0.3, 0.4) is 0 Å². The van der Waals surface area contributed by atoms with Gasteiger partial charge in [0, 0.05) is 11.8 Å². The van der Waals surface area contributed by atoms with E-state index in [4.69, 9.17) is 4.74 Å². The van der Waals surface area contributed by atoms with Crippen LogP contribution in [0, 0.1) is 0 Å². The van der Waals surface area contributed by atoms with E-state index in [1.165, 1.54) is 0 Å². The maximum atomic E-state index is 12.8. The summed E-state index contributed by atoms with van der Waals surface area (Å²) in [6.45, 7) is 0.251. The van der Waals surface area contributed by atoms with E-state index in [0.717, 1.165) is 11.3 Å². The number of ether oxygens (including phenoxy) is 1. The molecule has 3 aromatic rings. The second-order valence-electron chi connectivity index (χ2n) is 6.16. The quantitative estimate of drug-likeness (QED) is 0.610. The molecule has 0 radical (unpaired) electrons. The highest BCUT2D eigenvalue weighted by atomic mass is 16.5. The molecule has 0 aliphatic heterocycles. The van der Waals surface area contributed by atoms with Crippen LogP contribution >= 0.6 is 0 Å². The van der Waals surface area contributed by atoms with Gasteiger partial charge in [-0.05, 0) is 48.0 Å². The molecule has 0 fully saturated rings. The number of aromatic nitrogens is 1. The number of nitrogens with one attached hydrogen (secondary N) is 2. The number of carbonyl (C=O) groups excluding carboxylic acids is 2. The van der Waals surface area contributed by atoms with E-state index in [0.29, 0.717) is 11.3 Å². The second-order valence-corrected chi connectivity index (χ2v) is 6.16.